The highest BCUT2D eigenvalue weighted by molar-refractivity contribution is 5.95. The number of ketones is 1. The normalized spacial score (nSPS) is 51.6. The molecule has 2 saturated carbocycles. The smallest absolute Gasteiger partial charge is 0.140 e. The first-order chi connectivity index (χ1) is 6.47. The second-order valence-corrected chi connectivity index (χ2v) is 5.78. The van der Waals surface area contributed by atoms with Gasteiger partial charge < -0.3 is 0 Å². The Balaban J connectivity index is 2.22. The molecule has 0 amide bonds. The number of carbonyl (C=O) groups excluding carboxylic acids is 1. The molecule has 1 spiro atoms. The summed E-state index contributed by atoms with van der Waals surface area (Å²) in [7, 11) is 0. The molecular weight excluding hydrogens is 172 g/mol. The van der Waals surface area contributed by atoms with Gasteiger partial charge in [-0.3, -0.25) is 4.79 Å². The number of hydrogen-bond donors (Lipinski definition) is 0. The maximum atomic E-state index is 12.0. The number of rotatable bonds is 0. The van der Waals surface area contributed by atoms with Crippen molar-refractivity contribution >= 4 is 5.78 Å². The van der Waals surface area contributed by atoms with Gasteiger partial charge in [-0.05, 0) is 5.41 Å². The van der Waals surface area contributed by atoms with E-state index in [1.165, 1.54) is 0 Å². The van der Waals surface area contributed by atoms with Gasteiger partial charge in [-0.2, -0.15) is 0 Å². The van der Waals surface area contributed by atoms with E-state index in [0.717, 1.165) is 6.42 Å². The van der Waals surface area contributed by atoms with E-state index in [9.17, 15) is 4.79 Å². The summed E-state index contributed by atoms with van der Waals surface area (Å²) < 4.78 is 0. The molecule has 0 bridgehead atoms. The topological polar surface area (TPSA) is 17.1 Å². The molecule has 0 aromatic rings. The lowest BCUT2D eigenvalue weighted by atomic mass is 9.73. The molecule has 0 aliphatic heterocycles. The third-order valence-corrected chi connectivity index (χ3v) is 4.96. The lowest BCUT2D eigenvalue weighted by Gasteiger charge is -2.30. The number of fused-ring (bicyclic) bond motifs is 1. The zero-order chi connectivity index (χ0) is 10.2. The molecule has 0 saturated heterocycles. The Morgan fingerprint density at radius 1 is 1.29 bits per heavy atom. The van der Waals surface area contributed by atoms with Gasteiger partial charge in [0.15, 0.2) is 0 Å². The largest absolute Gasteiger partial charge is 0.299 e. The van der Waals surface area contributed by atoms with Crippen LogP contribution in [0.2, 0.25) is 0 Å². The van der Waals surface area contributed by atoms with Crippen molar-refractivity contribution in [3.05, 3.63) is 24.3 Å². The van der Waals surface area contributed by atoms with Gasteiger partial charge in [0.25, 0.3) is 0 Å². The van der Waals surface area contributed by atoms with E-state index in [0.29, 0.717) is 11.7 Å². The fourth-order valence-corrected chi connectivity index (χ4v) is 4.17. The minimum atomic E-state index is -0.0833. The summed E-state index contributed by atoms with van der Waals surface area (Å²) in [5.41, 5.74) is 0.205. The van der Waals surface area contributed by atoms with E-state index in [1.54, 1.807) is 0 Å². The maximum Gasteiger partial charge on any atom is 0.140 e. The number of Topliss-reactive ketones (excluding diaryl/α,β-unsaturated/α-hetero) is 1. The summed E-state index contributed by atoms with van der Waals surface area (Å²) >= 11 is 0. The van der Waals surface area contributed by atoms with E-state index < -0.39 is 0 Å². The fourth-order valence-electron chi connectivity index (χ4n) is 4.17. The van der Waals surface area contributed by atoms with Gasteiger partial charge in [0.05, 0.1) is 0 Å². The average Bonchev–Trinajstić information content (AvgIpc) is 2.66. The Morgan fingerprint density at radius 2 is 2.00 bits per heavy atom. The molecule has 0 N–H and O–H groups in total. The maximum absolute atomic E-state index is 12.0. The van der Waals surface area contributed by atoms with Gasteiger partial charge in [0.2, 0.25) is 0 Å². The van der Waals surface area contributed by atoms with E-state index >= 15 is 0 Å². The van der Waals surface area contributed by atoms with Crippen LogP contribution in [0.1, 0.15) is 27.2 Å². The van der Waals surface area contributed by atoms with Gasteiger partial charge in [0, 0.05) is 23.2 Å². The Morgan fingerprint density at radius 3 is 2.64 bits per heavy atom. The fraction of sp³-hybridized carbons (Fsp3) is 0.615. The first kappa shape index (κ1) is 8.46. The van der Waals surface area contributed by atoms with Crippen LogP contribution in [-0.4, -0.2) is 5.78 Å². The minimum absolute atomic E-state index is 0.0833. The summed E-state index contributed by atoms with van der Waals surface area (Å²) in [6, 6.07) is 0. The van der Waals surface area contributed by atoms with Crippen LogP contribution in [0.4, 0.5) is 0 Å². The monoisotopic (exact) mass is 188 g/mol. The van der Waals surface area contributed by atoms with Crippen molar-refractivity contribution in [1.82, 2.24) is 0 Å². The Bertz CT molecular complexity index is 388. The molecule has 14 heavy (non-hydrogen) atoms. The number of hydrogen-bond acceptors (Lipinski definition) is 1. The molecule has 3 aliphatic rings. The summed E-state index contributed by atoms with van der Waals surface area (Å²) in [4.78, 5) is 12.0. The first-order valence-electron chi connectivity index (χ1n) is 5.36. The Hall–Kier alpha value is -0.850. The van der Waals surface area contributed by atoms with E-state index in [-0.39, 0.29) is 16.2 Å². The van der Waals surface area contributed by atoms with Gasteiger partial charge in [-0.25, -0.2) is 0 Å². The van der Waals surface area contributed by atoms with Crippen molar-refractivity contribution in [3.63, 3.8) is 0 Å². The first-order valence-corrected chi connectivity index (χ1v) is 5.36. The minimum Gasteiger partial charge on any atom is -0.299 e. The third kappa shape index (κ3) is 0.539. The van der Waals surface area contributed by atoms with Gasteiger partial charge in [-0.1, -0.05) is 45.1 Å². The molecule has 3 atom stereocenters. The van der Waals surface area contributed by atoms with E-state index in [2.05, 4.69) is 45.1 Å². The van der Waals surface area contributed by atoms with Crippen LogP contribution >= 0.6 is 0 Å². The molecular formula is C13H16O. The van der Waals surface area contributed by atoms with Crippen molar-refractivity contribution in [2.75, 3.05) is 0 Å². The van der Waals surface area contributed by atoms with Crippen LogP contribution in [-0.2, 0) is 4.79 Å². The van der Waals surface area contributed by atoms with Crippen molar-refractivity contribution in [2.24, 2.45) is 22.2 Å². The van der Waals surface area contributed by atoms with Gasteiger partial charge >= 0.3 is 0 Å². The quantitative estimate of drug-likeness (QED) is 0.571. The molecule has 1 nitrogen and oxygen atoms in total. The second-order valence-electron chi connectivity index (χ2n) is 5.78. The van der Waals surface area contributed by atoms with Crippen LogP contribution in [0.15, 0.2) is 24.3 Å². The van der Waals surface area contributed by atoms with Gasteiger partial charge in [0.1, 0.15) is 5.78 Å². The number of carbonyl (C=O) groups is 1. The molecule has 1 heteroatoms. The van der Waals surface area contributed by atoms with E-state index in [1.807, 2.05) is 0 Å². The molecule has 0 aromatic carbocycles. The predicted molar refractivity (Wildman–Crippen MR) is 55.7 cm³/mol. The highest BCUT2D eigenvalue weighted by Crippen LogP contribution is 2.83. The molecule has 0 unspecified atom stereocenters. The standard InChI is InChI=1S/C13H16O/c1-11(2)8-10(14)12(3)9-6-4-5-7-13(9,11)12/h4-7,9H,8H2,1-3H3/t9-,12+,13-/m1/s1. The summed E-state index contributed by atoms with van der Waals surface area (Å²) in [5, 5.41) is 0. The second kappa shape index (κ2) is 1.91. The third-order valence-electron chi connectivity index (χ3n) is 4.96. The SMILES string of the molecule is CC1(C)CC(=O)[C@]2(C)[C@H]3C=CC=C[C@@]312. The van der Waals surface area contributed by atoms with Crippen LogP contribution < -0.4 is 0 Å². The Kier molecular flexibility index (Phi) is 1.15. The molecule has 2 fully saturated rings. The van der Waals surface area contributed by atoms with E-state index in [4.69, 9.17) is 0 Å². The Labute approximate surface area is 84.9 Å². The zero-order valence-corrected chi connectivity index (χ0v) is 9.00. The van der Waals surface area contributed by atoms with Crippen molar-refractivity contribution in [2.45, 2.75) is 27.2 Å². The van der Waals surface area contributed by atoms with Crippen molar-refractivity contribution in [1.29, 1.82) is 0 Å². The van der Waals surface area contributed by atoms with Gasteiger partial charge in [-0.15, -0.1) is 0 Å². The molecule has 0 heterocycles. The van der Waals surface area contributed by atoms with Crippen LogP contribution in [0.25, 0.3) is 0 Å². The summed E-state index contributed by atoms with van der Waals surface area (Å²) in [6.45, 7) is 6.62. The molecule has 0 aromatic heterocycles. The highest BCUT2D eigenvalue weighted by atomic mass is 16.1. The predicted octanol–water partition coefficient (Wildman–Crippen LogP) is 2.73. The van der Waals surface area contributed by atoms with Crippen LogP contribution in [0.3, 0.4) is 0 Å². The highest BCUT2D eigenvalue weighted by Gasteiger charge is 2.83. The average molecular weight is 188 g/mol. The molecule has 74 valence electrons. The number of allylic oxidation sites excluding steroid dienone is 4. The summed E-state index contributed by atoms with van der Waals surface area (Å²) in [5.74, 6) is 0.931. The lowest BCUT2D eigenvalue weighted by molar-refractivity contribution is -0.123. The molecule has 3 rings (SSSR count). The van der Waals surface area contributed by atoms with Crippen LogP contribution in [0.5, 0.6) is 0 Å². The lowest BCUT2D eigenvalue weighted by Crippen LogP contribution is -2.24. The molecule has 0 radical (unpaired) electrons. The van der Waals surface area contributed by atoms with Crippen molar-refractivity contribution in [3.8, 4) is 0 Å². The molecule has 3 aliphatic carbocycles. The summed E-state index contributed by atoms with van der Waals surface area (Å²) in [6.07, 6.45) is 9.45. The van der Waals surface area contributed by atoms with Crippen molar-refractivity contribution < 1.29 is 4.79 Å². The zero-order valence-electron chi connectivity index (χ0n) is 9.00. The van der Waals surface area contributed by atoms with Crippen LogP contribution in [0, 0.1) is 22.2 Å².